The number of rotatable bonds is 5. The topological polar surface area (TPSA) is 40.5 Å². The summed E-state index contributed by atoms with van der Waals surface area (Å²) in [6, 6.07) is 4.39. The van der Waals surface area contributed by atoms with Gasteiger partial charge in [-0.25, -0.2) is 0 Å². The Bertz CT molecular complexity index is 440. The van der Waals surface area contributed by atoms with Gasteiger partial charge in [0.25, 0.3) is 0 Å². The number of aryl methyl sites for hydroxylation is 3. The van der Waals surface area contributed by atoms with E-state index in [1.165, 1.54) is 22.3 Å². The van der Waals surface area contributed by atoms with E-state index < -0.39 is 5.97 Å². The fourth-order valence-electron chi connectivity index (χ4n) is 2.09. The normalized spacial score (nSPS) is 12.8. The molecule has 0 amide bonds. The van der Waals surface area contributed by atoms with E-state index in [0.717, 1.165) is 6.54 Å². The highest BCUT2D eigenvalue weighted by Gasteiger charge is 2.14. The Morgan fingerprint density at radius 2 is 1.78 bits per heavy atom. The molecule has 1 N–H and O–H groups in total. The number of carbonyl (C=O) groups is 1. The zero-order valence-electron chi connectivity index (χ0n) is 11.9. The van der Waals surface area contributed by atoms with Gasteiger partial charge in [0.2, 0.25) is 0 Å². The molecule has 0 aliphatic heterocycles. The summed E-state index contributed by atoms with van der Waals surface area (Å²) >= 11 is 0. The van der Waals surface area contributed by atoms with Crippen LogP contribution in [0.2, 0.25) is 0 Å². The van der Waals surface area contributed by atoms with Gasteiger partial charge in [0.15, 0.2) is 0 Å². The summed E-state index contributed by atoms with van der Waals surface area (Å²) in [6.45, 7) is 9.44. The molecule has 0 radical (unpaired) electrons. The van der Waals surface area contributed by atoms with Crippen molar-refractivity contribution in [1.82, 2.24) is 4.90 Å². The van der Waals surface area contributed by atoms with E-state index >= 15 is 0 Å². The number of carboxylic acids is 1. The quantitative estimate of drug-likeness (QED) is 0.872. The maximum Gasteiger partial charge on any atom is 0.307 e. The van der Waals surface area contributed by atoms with Gasteiger partial charge in [0.05, 0.1) is 5.92 Å². The molecule has 3 heteroatoms. The molecule has 0 spiro atoms. The first-order chi connectivity index (χ1) is 8.31. The van der Waals surface area contributed by atoms with Crippen molar-refractivity contribution < 1.29 is 9.90 Å². The Labute approximate surface area is 109 Å². The molecular weight excluding hydrogens is 226 g/mol. The van der Waals surface area contributed by atoms with Crippen LogP contribution in [0.3, 0.4) is 0 Å². The summed E-state index contributed by atoms with van der Waals surface area (Å²) in [5, 5.41) is 8.91. The first-order valence-corrected chi connectivity index (χ1v) is 6.29. The van der Waals surface area contributed by atoms with Gasteiger partial charge in [-0.05, 0) is 50.1 Å². The number of aliphatic carboxylic acids is 1. The Morgan fingerprint density at radius 3 is 2.33 bits per heavy atom. The third kappa shape index (κ3) is 3.84. The summed E-state index contributed by atoms with van der Waals surface area (Å²) in [4.78, 5) is 12.9. The summed E-state index contributed by atoms with van der Waals surface area (Å²) < 4.78 is 0. The number of carboxylic acid groups (broad SMARTS) is 1. The second kappa shape index (κ2) is 6.01. The van der Waals surface area contributed by atoms with Crippen molar-refractivity contribution in [3.63, 3.8) is 0 Å². The van der Waals surface area contributed by atoms with Crippen molar-refractivity contribution >= 4 is 5.97 Å². The molecule has 0 saturated carbocycles. The van der Waals surface area contributed by atoms with Gasteiger partial charge in [-0.1, -0.05) is 19.1 Å². The van der Waals surface area contributed by atoms with E-state index in [1.807, 2.05) is 7.05 Å². The van der Waals surface area contributed by atoms with Gasteiger partial charge >= 0.3 is 5.97 Å². The standard InChI is InChI=1S/C15H23NO2/c1-10-6-12(3)14(7-11(10)2)9-16(5)8-13(4)15(17)18/h6-7,13H,8-9H2,1-5H3,(H,17,18). The van der Waals surface area contributed by atoms with Crippen LogP contribution in [0.4, 0.5) is 0 Å². The lowest BCUT2D eigenvalue weighted by Gasteiger charge is -2.21. The molecule has 1 aromatic rings. The number of hydrogen-bond acceptors (Lipinski definition) is 2. The lowest BCUT2D eigenvalue weighted by Crippen LogP contribution is -2.28. The first-order valence-electron chi connectivity index (χ1n) is 6.29. The molecule has 1 unspecified atom stereocenters. The van der Waals surface area contributed by atoms with Gasteiger partial charge in [0.1, 0.15) is 0 Å². The first kappa shape index (κ1) is 14.7. The maximum atomic E-state index is 10.8. The van der Waals surface area contributed by atoms with Gasteiger partial charge in [-0.3, -0.25) is 4.79 Å². The molecule has 0 aliphatic carbocycles. The monoisotopic (exact) mass is 249 g/mol. The minimum Gasteiger partial charge on any atom is -0.481 e. The van der Waals surface area contributed by atoms with Crippen LogP contribution < -0.4 is 0 Å². The van der Waals surface area contributed by atoms with Crippen molar-refractivity contribution in [2.75, 3.05) is 13.6 Å². The summed E-state index contributed by atoms with van der Waals surface area (Å²) in [5.74, 6) is -1.07. The van der Waals surface area contributed by atoms with Gasteiger partial charge in [-0.15, -0.1) is 0 Å². The highest BCUT2D eigenvalue weighted by atomic mass is 16.4. The van der Waals surface area contributed by atoms with Crippen molar-refractivity contribution in [3.05, 3.63) is 34.4 Å². The zero-order valence-corrected chi connectivity index (χ0v) is 11.9. The van der Waals surface area contributed by atoms with E-state index in [2.05, 4.69) is 37.8 Å². The predicted octanol–water partition coefficient (Wildman–Crippen LogP) is 2.76. The van der Waals surface area contributed by atoms with Crippen LogP contribution in [0.15, 0.2) is 12.1 Å². The van der Waals surface area contributed by atoms with Crippen LogP contribution >= 0.6 is 0 Å². The van der Waals surface area contributed by atoms with E-state index in [9.17, 15) is 4.79 Å². The molecule has 0 aromatic heterocycles. The summed E-state index contributed by atoms with van der Waals surface area (Å²) in [7, 11) is 1.97. The lowest BCUT2D eigenvalue weighted by molar-refractivity contribution is -0.141. The third-order valence-electron chi connectivity index (χ3n) is 3.40. The molecule has 1 aromatic carbocycles. The fourth-order valence-corrected chi connectivity index (χ4v) is 2.09. The average Bonchev–Trinajstić information content (AvgIpc) is 2.25. The second-order valence-electron chi connectivity index (χ2n) is 5.30. The summed E-state index contributed by atoms with van der Waals surface area (Å²) in [5.41, 5.74) is 5.14. The molecule has 0 aliphatic rings. The number of hydrogen-bond donors (Lipinski definition) is 1. The number of benzene rings is 1. The molecule has 1 rings (SSSR count). The molecule has 18 heavy (non-hydrogen) atoms. The van der Waals surface area contributed by atoms with Crippen molar-refractivity contribution in [1.29, 1.82) is 0 Å². The molecule has 3 nitrogen and oxygen atoms in total. The largest absolute Gasteiger partial charge is 0.481 e. The van der Waals surface area contributed by atoms with Crippen molar-refractivity contribution in [2.24, 2.45) is 5.92 Å². The molecule has 1 atom stereocenters. The van der Waals surface area contributed by atoms with E-state index in [4.69, 9.17) is 5.11 Å². The van der Waals surface area contributed by atoms with Crippen LogP contribution in [0, 0.1) is 26.7 Å². The number of nitrogens with zero attached hydrogens (tertiary/aromatic N) is 1. The Morgan fingerprint density at radius 1 is 1.22 bits per heavy atom. The fraction of sp³-hybridized carbons (Fsp3) is 0.533. The van der Waals surface area contributed by atoms with E-state index in [-0.39, 0.29) is 5.92 Å². The van der Waals surface area contributed by atoms with Gasteiger partial charge in [-0.2, -0.15) is 0 Å². The van der Waals surface area contributed by atoms with Gasteiger partial charge in [0, 0.05) is 13.1 Å². The zero-order chi connectivity index (χ0) is 13.9. The molecule has 0 heterocycles. The van der Waals surface area contributed by atoms with Crippen LogP contribution in [0.5, 0.6) is 0 Å². The third-order valence-corrected chi connectivity index (χ3v) is 3.40. The van der Waals surface area contributed by atoms with Crippen LogP contribution in [0.1, 0.15) is 29.2 Å². The smallest absolute Gasteiger partial charge is 0.307 e. The molecule has 100 valence electrons. The minimum absolute atomic E-state index is 0.332. The Balaban J connectivity index is 2.73. The molecule has 0 bridgehead atoms. The molecule has 0 saturated heterocycles. The summed E-state index contributed by atoms with van der Waals surface area (Å²) in [6.07, 6.45) is 0. The Kier molecular flexibility index (Phi) is 4.91. The van der Waals surface area contributed by atoms with Crippen LogP contribution in [-0.4, -0.2) is 29.6 Å². The van der Waals surface area contributed by atoms with E-state index in [1.54, 1.807) is 6.92 Å². The van der Waals surface area contributed by atoms with Crippen LogP contribution in [0.25, 0.3) is 0 Å². The highest BCUT2D eigenvalue weighted by Crippen LogP contribution is 2.17. The maximum absolute atomic E-state index is 10.8. The SMILES string of the molecule is Cc1cc(C)c(CN(C)CC(C)C(=O)O)cc1C. The second-order valence-corrected chi connectivity index (χ2v) is 5.30. The minimum atomic E-state index is -0.737. The van der Waals surface area contributed by atoms with Crippen molar-refractivity contribution in [2.45, 2.75) is 34.2 Å². The average molecular weight is 249 g/mol. The van der Waals surface area contributed by atoms with Gasteiger partial charge < -0.3 is 10.0 Å². The lowest BCUT2D eigenvalue weighted by atomic mass is 10.0. The van der Waals surface area contributed by atoms with Crippen LogP contribution in [-0.2, 0) is 11.3 Å². The molecule has 0 fully saturated rings. The van der Waals surface area contributed by atoms with E-state index in [0.29, 0.717) is 6.54 Å². The predicted molar refractivity (Wildman–Crippen MR) is 73.8 cm³/mol. The highest BCUT2D eigenvalue weighted by molar-refractivity contribution is 5.69. The Hall–Kier alpha value is -1.35. The van der Waals surface area contributed by atoms with Crippen molar-refractivity contribution in [3.8, 4) is 0 Å². The molecular formula is C15H23NO2.